The van der Waals surface area contributed by atoms with Gasteiger partial charge in [0.2, 0.25) is 0 Å². The average Bonchev–Trinajstić information content (AvgIpc) is 2.69. The highest BCUT2D eigenvalue weighted by molar-refractivity contribution is 9.10. The number of anilines is 1. The van der Waals surface area contributed by atoms with Crippen molar-refractivity contribution in [2.75, 3.05) is 18.5 Å². The Kier molecular flexibility index (Phi) is 8.48. The fraction of sp³-hybridized carbons (Fsp3) is 0.250. The van der Waals surface area contributed by atoms with Crippen molar-refractivity contribution >= 4 is 39.6 Å². The highest BCUT2D eigenvalue weighted by Crippen LogP contribution is 2.28. The number of hydrogen-bond acceptors (Lipinski definition) is 5. The van der Waals surface area contributed by atoms with E-state index in [2.05, 4.69) is 31.8 Å². The van der Waals surface area contributed by atoms with Crippen molar-refractivity contribution in [1.82, 2.24) is 5.43 Å². The summed E-state index contributed by atoms with van der Waals surface area (Å²) >= 11 is 3.30. The summed E-state index contributed by atoms with van der Waals surface area (Å²) in [5, 5.41) is 6.31. The summed E-state index contributed by atoms with van der Waals surface area (Å²) in [4.78, 5) is 23.7. The number of hydrogen-bond donors (Lipinski definition) is 2. The molecule has 0 saturated carbocycles. The number of carbonyl (C=O) groups is 2. The normalized spacial score (nSPS) is 10.5. The van der Waals surface area contributed by atoms with Crippen molar-refractivity contribution < 1.29 is 19.1 Å². The van der Waals surface area contributed by atoms with Crippen LogP contribution >= 0.6 is 15.9 Å². The molecule has 2 amide bonds. The number of hydrazone groups is 1. The number of carbonyl (C=O) groups excluding carboxylic acids is 2. The lowest BCUT2D eigenvalue weighted by Crippen LogP contribution is -2.32. The van der Waals surface area contributed by atoms with Gasteiger partial charge < -0.3 is 14.8 Å². The highest BCUT2D eigenvalue weighted by atomic mass is 79.9. The number of rotatable bonds is 8. The van der Waals surface area contributed by atoms with Crippen molar-refractivity contribution in [3.63, 3.8) is 0 Å². The molecular formula is C20H22BrN3O4. The van der Waals surface area contributed by atoms with E-state index >= 15 is 0 Å². The highest BCUT2D eigenvalue weighted by Gasteiger charge is 2.12. The van der Waals surface area contributed by atoms with Crippen LogP contribution in [0.25, 0.3) is 0 Å². The molecule has 0 unspecified atom stereocenters. The molecule has 2 N–H and O–H groups in total. The number of ether oxygens (including phenoxy) is 2. The molecule has 0 aliphatic heterocycles. The predicted octanol–water partition coefficient (Wildman–Crippen LogP) is 3.73. The van der Waals surface area contributed by atoms with E-state index in [1.165, 1.54) is 6.21 Å². The average molecular weight is 448 g/mol. The first-order valence-corrected chi connectivity index (χ1v) is 9.62. The third kappa shape index (κ3) is 6.70. The summed E-state index contributed by atoms with van der Waals surface area (Å²) in [5.41, 5.74) is 3.41. The summed E-state index contributed by atoms with van der Waals surface area (Å²) in [6.45, 7) is 5.00. The number of amides is 2. The van der Waals surface area contributed by atoms with Gasteiger partial charge in [0.05, 0.1) is 19.4 Å². The van der Waals surface area contributed by atoms with Crippen molar-refractivity contribution in [1.29, 1.82) is 0 Å². The second kappa shape index (κ2) is 11.1. The van der Waals surface area contributed by atoms with E-state index in [4.69, 9.17) is 9.47 Å². The molecule has 0 bridgehead atoms. The largest absolute Gasteiger partial charge is 0.490 e. The van der Waals surface area contributed by atoms with Gasteiger partial charge in [-0.2, -0.15) is 5.10 Å². The number of halogens is 1. The molecule has 0 radical (unpaired) electrons. The number of benzene rings is 2. The molecule has 0 saturated heterocycles. The maximum atomic E-state index is 11.9. The van der Waals surface area contributed by atoms with Crippen LogP contribution in [0.15, 0.2) is 52.0 Å². The van der Waals surface area contributed by atoms with Gasteiger partial charge in [0.25, 0.3) is 0 Å². The van der Waals surface area contributed by atoms with Crippen LogP contribution in [0.1, 0.15) is 25.8 Å². The molecule has 2 rings (SSSR count). The molecule has 2 aromatic carbocycles. The molecule has 0 aliphatic rings. The zero-order valence-electron chi connectivity index (χ0n) is 15.7. The topological polar surface area (TPSA) is 89.0 Å². The molecule has 0 aliphatic carbocycles. The van der Waals surface area contributed by atoms with Gasteiger partial charge in [-0.3, -0.25) is 9.59 Å². The van der Waals surface area contributed by atoms with Crippen LogP contribution in [-0.2, 0) is 9.59 Å². The molecule has 0 heterocycles. The second-order valence-electron chi connectivity index (χ2n) is 5.65. The fourth-order valence-corrected chi connectivity index (χ4v) is 2.41. The minimum atomic E-state index is -0.868. The van der Waals surface area contributed by atoms with E-state index in [0.29, 0.717) is 36.0 Å². The van der Waals surface area contributed by atoms with E-state index in [9.17, 15) is 9.59 Å². The Morgan fingerprint density at radius 1 is 1.04 bits per heavy atom. The standard InChI is InChI=1S/C20H22BrN3O4/c1-3-11-28-17-10-5-14(12-18(17)27-4-2)13-22-24-20(26)19(25)23-16-8-6-15(21)7-9-16/h5-10,12-13H,3-4,11H2,1-2H3,(H,23,25)(H,24,26)/b22-13-. The molecule has 0 atom stereocenters. The SMILES string of the molecule is CCCOc1ccc(/C=N\NC(=O)C(=O)Nc2ccc(Br)cc2)cc1OCC. The van der Waals surface area contributed by atoms with Gasteiger partial charge in [0.15, 0.2) is 11.5 Å². The van der Waals surface area contributed by atoms with E-state index in [1.807, 2.05) is 13.8 Å². The zero-order valence-corrected chi connectivity index (χ0v) is 17.3. The van der Waals surface area contributed by atoms with E-state index in [-0.39, 0.29) is 0 Å². The molecule has 7 nitrogen and oxygen atoms in total. The quantitative estimate of drug-likeness (QED) is 0.366. The molecule has 0 aromatic heterocycles. The van der Waals surface area contributed by atoms with Gasteiger partial charge in [-0.05, 0) is 61.4 Å². The van der Waals surface area contributed by atoms with Gasteiger partial charge in [-0.25, -0.2) is 5.43 Å². The lowest BCUT2D eigenvalue weighted by atomic mass is 10.2. The first kappa shape index (κ1) is 21.4. The van der Waals surface area contributed by atoms with Gasteiger partial charge in [-0.15, -0.1) is 0 Å². The molecule has 148 valence electrons. The molecule has 28 heavy (non-hydrogen) atoms. The Labute approximate surface area is 172 Å². The first-order valence-electron chi connectivity index (χ1n) is 8.83. The fourth-order valence-electron chi connectivity index (χ4n) is 2.14. The van der Waals surface area contributed by atoms with E-state index < -0.39 is 11.8 Å². The summed E-state index contributed by atoms with van der Waals surface area (Å²) in [7, 11) is 0. The monoisotopic (exact) mass is 447 g/mol. The minimum Gasteiger partial charge on any atom is -0.490 e. The molecular weight excluding hydrogens is 426 g/mol. The summed E-state index contributed by atoms with van der Waals surface area (Å²) in [5.74, 6) is -0.428. The van der Waals surface area contributed by atoms with Crippen molar-refractivity contribution in [2.45, 2.75) is 20.3 Å². The predicted molar refractivity (Wildman–Crippen MR) is 112 cm³/mol. The molecule has 0 fully saturated rings. The first-order chi connectivity index (χ1) is 13.5. The molecule has 2 aromatic rings. The second-order valence-corrected chi connectivity index (χ2v) is 6.56. The van der Waals surface area contributed by atoms with Gasteiger partial charge >= 0.3 is 11.8 Å². The van der Waals surface area contributed by atoms with Gasteiger partial charge in [-0.1, -0.05) is 22.9 Å². The van der Waals surface area contributed by atoms with Crippen LogP contribution < -0.4 is 20.2 Å². The van der Waals surface area contributed by atoms with Gasteiger partial charge in [0.1, 0.15) is 0 Å². The number of nitrogens with one attached hydrogen (secondary N) is 2. The maximum absolute atomic E-state index is 11.9. The van der Waals surface area contributed by atoms with E-state index in [0.717, 1.165) is 10.9 Å². The summed E-state index contributed by atoms with van der Waals surface area (Å²) < 4.78 is 12.1. The van der Waals surface area contributed by atoms with Crippen LogP contribution in [-0.4, -0.2) is 31.2 Å². The Bertz CT molecular complexity index is 838. The Hall–Kier alpha value is -2.87. The van der Waals surface area contributed by atoms with Crippen molar-refractivity contribution in [3.8, 4) is 11.5 Å². The zero-order chi connectivity index (χ0) is 20.4. The van der Waals surface area contributed by atoms with Crippen molar-refractivity contribution in [3.05, 3.63) is 52.5 Å². The van der Waals surface area contributed by atoms with Crippen LogP contribution in [0.2, 0.25) is 0 Å². The molecule has 0 spiro atoms. The smallest absolute Gasteiger partial charge is 0.329 e. The third-order valence-electron chi connectivity index (χ3n) is 3.42. The van der Waals surface area contributed by atoms with Gasteiger partial charge in [0, 0.05) is 10.2 Å². The summed E-state index contributed by atoms with van der Waals surface area (Å²) in [6, 6.07) is 12.2. The lowest BCUT2D eigenvalue weighted by Gasteiger charge is -2.11. The summed E-state index contributed by atoms with van der Waals surface area (Å²) in [6.07, 6.45) is 2.32. The Balaban J connectivity index is 1.95. The van der Waals surface area contributed by atoms with Crippen LogP contribution in [0.5, 0.6) is 11.5 Å². The van der Waals surface area contributed by atoms with Crippen molar-refractivity contribution in [2.24, 2.45) is 5.10 Å². The third-order valence-corrected chi connectivity index (χ3v) is 3.95. The maximum Gasteiger partial charge on any atom is 0.329 e. The number of nitrogens with zero attached hydrogens (tertiary/aromatic N) is 1. The Morgan fingerprint density at radius 2 is 1.79 bits per heavy atom. The lowest BCUT2D eigenvalue weighted by molar-refractivity contribution is -0.136. The van der Waals surface area contributed by atoms with Crippen LogP contribution in [0.3, 0.4) is 0 Å². The Morgan fingerprint density at radius 3 is 2.46 bits per heavy atom. The van der Waals surface area contributed by atoms with E-state index in [1.54, 1.807) is 42.5 Å². The molecule has 8 heteroatoms. The van der Waals surface area contributed by atoms with Crippen LogP contribution in [0.4, 0.5) is 5.69 Å². The van der Waals surface area contributed by atoms with Crippen LogP contribution in [0, 0.1) is 0 Å². The minimum absolute atomic E-state index is 0.496.